The number of pyridine rings is 1. The van der Waals surface area contributed by atoms with Crippen LogP contribution in [0, 0.1) is 15.5 Å². The smallest absolute Gasteiger partial charge is 0.313 e. The molecule has 0 aromatic carbocycles. The summed E-state index contributed by atoms with van der Waals surface area (Å²) in [5.74, 6) is 0.348. The number of methoxy groups -OCH3 is 1. The van der Waals surface area contributed by atoms with E-state index in [1.54, 1.807) is 0 Å². The van der Waals surface area contributed by atoms with Gasteiger partial charge in [-0.3, -0.25) is 14.9 Å². The van der Waals surface area contributed by atoms with Crippen LogP contribution in [0.4, 0.5) is 11.5 Å². The molecule has 0 aliphatic carbocycles. The van der Waals surface area contributed by atoms with E-state index in [4.69, 9.17) is 4.74 Å². The van der Waals surface area contributed by atoms with E-state index in [0.717, 1.165) is 0 Å². The standard InChI is InChI=1S/C12H14BrN3O4/c1-12(11(17)20-2)3-4-15(7-12)10-9(13)5-8(6-14-10)16(18)19/h5-6H,3-4,7H2,1-2H3. The predicted octanol–water partition coefficient (Wildman–Crippen LogP) is 2.14. The zero-order valence-corrected chi connectivity index (χ0v) is 12.7. The molecular weight excluding hydrogens is 330 g/mol. The van der Waals surface area contributed by atoms with Crippen molar-refractivity contribution < 1.29 is 14.5 Å². The van der Waals surface area contributed by atoms with Crippen molar-refractivity contribution in [3.63, 3.8) is 0 Å². The van der Waals surface area contributed by atoms with Crippen LogP contribution in [0.15, 0.2) is 16.7 Å². The highest BCUT2D eigenvalue weighted by Crippen LogP contribution is 2.36. The fourth-order valence-electron chi connectivity index (χ4n) is 2.31. The number of ether oxygens (including phenoxy) is 1. The second-order valence-electron chi connectivity index (χ2n) is 4.98. The van der Waals surface area contributed by atoms with Crippen LogP contribution in [-0.2, 0) is 9.53 Å². The lowest BCUT2D eigenvalue weighted by Gasteiger charge is -2.22. The number of carbonyl (C=O) groups is 1. The lowest BCUT2D eigenvalue weighted by atomic mass is 9.90. The topological polar surface area (TPSA) is 85.6 Å². The van der Waals surface area contributed by atoms with Gasteiger partial charge in [-0.05, 0) is 29.3 Å². The largest absolute Gasteiger partial charge is 0.469 e. The summed E-state index contributed by atoms with van der Waals surface area (Å²) >= 11 is 3.29. The molecule has 0 spiro atoms. The molecular formula is C12H14BrN3O4. The maximum atomic E-state index is 11.8. The molecule has 7 nitrogen and oxygen atoms in total. The van der Waals surface area contributed by atoms with Crippen molar-refractivity contribution in [1.82, 2.24) is 4.98 Å². The molecule has 0 saturated carbocycles. The zero-order chi connectivity index (χ0) is 14.9. The molecule has 1 aromatic rings. The summed E-state index contributed by atoms with van der Waals surface area (Å²) in [4.78, 5) is 28.0. The summed E-state index contributed by atoms with van der Waals surface area (Å²) in [5.41, 5.74) is -0.645. The molecule has 2 heterocycles. The fraction of sp³-hybridized carbons (Fsp3) is 0.500. The molecule has 1 fully saturated rings. The van der Waals surface area contributed by atoms with Gasteiger partial charge < -0.3 is 9.64 Å². The second kappa shape index (κ2) is 5.35. The van der Waals surface area contributed by atoms with E-state index < -0.39 is 10.3 Å². The molecule has 0 radical (unpaired) electrons. The van der Waals surface area contributed by atoms with Gasteiger partial charge in [0.25, 0.3) is 5.69 Å². The number of rotatable bonds is 3. The van der Waals surface area contributed by atoms with Crippen molar-refractivity contribution in [2.45, 2.75) is 13.3 Å². The third kappa shape index (κ3) is 2.60. The van der Waals surface area contributed by atoms with Gasteiger partial charge in [0.15, 0.2) is 0 Å². The molecule has 1 aromatic heterocycles. The number of anilines is 1. The minimum Gasteiger partial charge on any atom is -0.469 e. The van der Waals surface area contributed by atoms with Crippen LogP contribution in [-0.4, -0.2) is 36.1 Å². The monoisotopic (exact) mass is 343 g/mol. The van der Waals surface area contributed by atoms with Crippen molar-refractivity contribution in [3.8, 4) is 0 Å². The Hall–Kier alpha value is -1.70. The summed E-state index contributed by atoms with van der Waals surface area (Å²) in [7, 11) is 1.37. The Morgan fingerprint density at radius 3 is 2.90 bits per heavy atom. The Labute approximate surface area is 124 Å². The number of nitrogens with zero attached hydrogens (tertiary/aromatic N) is 3. The molecule has 1 aliphatic heterocycles. The first-order valence-corrected chi connectivity index (χ1v) is 6.80. The first-order valence-electron chi connectivity index (χ1n) is 6.01. The number of halogens is 1. The number of esters is 1. The summed E-state index contributed by atoms with van der Waals surface area (Å²) in [6, 6.07) is 1.41. The summed E-state index contributed by atoms with van der Waals surface area (Å²) < 4.78 is 5.36. The Bertz CT molecular complexity index is 566. The van der Waals surface area contributed by atoms with E-state index in [-0.39, 0.29) is 11.7 Å². The van der Waals surface area contributed by atoms with E-state index in [1.165, 1.54) is 19.4 Å². The summed E-state index contributed by atoms with van der Waals surface area (Å²) in [5, 5.41) is 10.7. The van der Waals surface area contributed by atoms with Crippen LogP contribution >= 0.6 is 15.9 Å². The number of carbonyl (C=O) groups excluding carboxylic acids is 1. The highest BCUT2D eigenvalue weighted by atomic mass is 79.9. The van der Waals surface area contributed by atoms with Gasteiger partial charge in [-0.15, -0.1) is 0 Å². The quantitative estimate of drug-likeness (QED) is 0.474. The number of hydrogen-bond donors (Lipinski definition) is 0. The minimum atomic E-state index is -0.572. The minimum absolute atomic E-state index is 0.0736. The fourth-order valence-corrected chi connectivity index (χ4v) is 2.90. The maximum Gasteiger partial charge on any atom is 0.313 e. The van der Waals surface area contributed by atoms with Gasteiger partial charge in [0, 0.05) is 19.2 Å². The van der Waals surface area contributed by atoms with Crippen LogP contribution in [0.1, 0.15) is 13.3 Å². The maximum absolute atomic E-state index is 11.8. The average molecular weight is 344 g/mol. The third-order valence-electron chi connectivity index (χ3n) is 3.47. The van der Waals surface area contributed by atoms with Crippen LogP contribution in [0.2, 0.25) is 0 Å². The van der Waals surface area contributed by atoms with Crippen molar-refractivity contribution in [3.05, 3.63) is 26.9 Å². The molecule has 1 aliphatic rings. The van der Waals surface area contributed by atoms with Gasteiger partial charge >= 0.3 is 5.97 Å². The van der Waals surface area contributed by atoms with Crippen LogP contribution in [0.25, 0.3) is 0 Å². The highest BCUT2D eigenvalue weighted by Gasteiger charge is 2.42. The molecule has 0 N–H and O–H groups in total. The Balaban J connectivity index is 2.22. The van der Waals surface area contributed by atoms with Gasteiger partial charge in [0.05, 0.1) is 21.9 Å². The molecule has 108 valence electrons. The molecule has 1 saturated heterocycles. The van der Waals surface area contributed by atoms with E-state index in [0.29, 0.717) is 29.8 Å². The van der Waals surface area contributed by atoms with Crippen LogP contribution in [0.5, 0.6) is 0 Å². The van der Waals surface area contributed by atoms with Crippen LogP contribution < -0.4 is 4.90 Å². The SMILES string of the molecule is COC(=O)C1(C)CCN(c2ncc([N+](=O)[O-])cc2Br)C1. The van der Waals surface area contributed by atoms with Crippen molar-refractivity contribution in [2.24, 2.45) is 5.41 Å². The normalized spacial score (nSPS) is 21.9. The van der Waals surface area contributed by atoms with Crippen LogP contribution in [0.3, 0.4) is 0 Å². The molecule has 0 bridgehead atoms. The Morgan fingerprint density at radius 2 is 2.35 bits per heavy atom. The third-order valence-corrected chi connectivity index (χ3v) is 4.05. The Morgan fingerprint density at radius 1 is 1.65 bits per heavy atom. The first kappa shape index (κ1) is 14.7. The van der Waals surface area contributed by atoms with E-state index in [9.17, 15) is 14.9 Å². The van der Waals surface area contributed by atoms with Gasteiger partial charge in [-0.25, -0.2) is 4.98 Å². The van der Waals surface area contributed by atoms with E-state index in [2.05, 4.69) is 20.9 Å². The molecule has 1 atom stereocenters. The van der Waals surface area contributed by atoms with Gasteiger partial charge in [-0.1, -0.05) is 0 Å². The summed E-state index contributed by atoms with van der Waals surface area (Å²) in [6.07, 6.45) is 1.87. The number of nitro groups is 1. The van der Waals surface area contributed by atoms with Crippen molar-refractivity contribution >= 4 is 33.4 Å². The predicted molar refractivity (Wildman–Crippen MR) is 75.5 cm³/mol. The number of aromatic nitrogens is 1. The van der Waals surface area contributed by atoms with Crippen molar-refractivity contribution in [2.75, 3.05) is 25.1 Å². The van der Waals surface area contributed by atoms with Gasteiger partial charge in [0.1, 0.15) is 12.0 Å². The first-order chi connectivity index (χ1) is 9.37. The average Bonchev–Trinajstić information content (AvgIpc) is 2.81. The van der Waals surface area contributed by atoms with Gasteiger partial charge in [-0.2, -0.15) is 0 Å². The number of hydrogen-bond acceptors (Lipinski definition) is 6. The second-order valence-corrected chi connectivity index (χ2v) is 5.83. The van der Waals surface area contributed by atoms with E-state index in [1.807, 2.05) is 11.8 Å². The zero-order valence-electron chi connectivity index (χ0n) is 11.1. The lowest BCUT2D eigenvalue weighted by Crippen LogP contribution is -2.33. The van der Waals surface area contributed by atoms with Gasteiger partial charge in [0.2, 0.25) is 0 Å². The Kier molecular flexibility index (Phi) is 3.94. The highest BCUT2D eigenvalue weighted by molar-refractivity contribution is 9.10. The molecule has 2 rings (SSSR count). The molecule has 8 heteroatoms. The molecule has 0 amide bonds. The molecule has 1 unspecified atom stereocenters. The van der Waals surface area contributed by atoms with E-state index >= 15 is 0 Å². The molecule has 20 heavy (non-hydrogen) atoms. The lowest BCUT2D eigenvalue weighted by molar-refractivity contribution is -0.385. The summed E-state index contributed by atoms with van der Waals surface area (Å²) in [6.45, 7) is 2.97. The van der Waals surface area contributed by atoms with Crippen molar-refractivity contribution in [1.29, 1.82) is 0 Å².